The largest absolute Gasteiger partial charge is 0.478 e. The molecule has 0 aliphatic rings. The summed E-state index contributed by atoms with van der Waals surface area (Å²) in [6, 6.07) is 4.10. The topological polar surface area (TPSA) is 69.6 Å². The second kappa shape index (κ2) is 5.82. The van der Waals surface area contributed by atoms with Crippen LogP contribution in [0.2, 0.25) is 0 Å². The van der Waals surface area contributed by atoms with Crippen LogP contribution in [-0.2, 0) is 0 Å². The van der Waals surface area contributed by atoms with E-state index in [9.17, 15) is 9.18 Å². The van der Waals surface area contributed by atoms with Crippen LogP contribution in [0.5, 0.6) is 0 Å². The second-order valence-electron chi connectivity index (χ2n) is 4.48. The molecule has 0 aliphatic carbocycles. The Morgan fingerprint density at radius 3 is 2.67 bits per heavy atom. The molecule has 18 heavy (non-hydrogen) atoms. The van der Waals surface area contributed by atoms with Crippen LogP contribution in [0.15, 0.2) is 18.2 Å². The number of aliphatic hydroxyl groups excluding tert-OH is 1. The first kappa shape index (κ1) is 14.4. The van der Waals surface area contributed by atoms with Gasteiger partial charge in [0, 0.05) is 12.1 Å². The number of nitrogens with one attached hydrogen (secondary N) is 1. The first-order valence-electron chi connectivity index (χ1n) is 5.84. The Balaban J connectivity index is 3.10. The van der Waals surface area contributed by atoms with E-state index in [0.717, 1.165) is 6.07 Å². The Labute approximate surface area is 105 Å². The molecule has 1 rings (SSSR count). The van der Waals surface area contributed by atoms with Crippen LogP contribution in [0, 0.1) is 5.82 Å². The molecule has 4 nitrogen and oxygen atoms in total. The summed E-state index contributed by atoms with van der Waals surface area (Å²) in [5.41, 5.74) is -0.595. The third-order valence-corrected chi connectivity index (χ3v) is 3.11. The molecule has 1 unspecified atom stereocenters. The van der Waals surface area contributed by atoms with Crippen molar-refractivity contribution in [3.8, 4) is 0 Å². The zero-order valence-electron chi connectivity index (χ0n) is 10.5. The van der Waals surface area contributed by atoms with Gasteiger partial charge in [-0.05, 0) is 31.9 Å². The Hall–Kier alpha value is -1.62. The van der Waals surface area contributed by atoms with E-state index in [2.05, 4.69) is 5.32 Å². The lowest BCUT2D eigenvalue weighted by molar-refractivity contribution is 0.0693. The van der Waals surface area contributed by atoms with Gasteiger partial charge in [0.2, 0.25) is 0 Å². The van der Waals surface area contributed by atoms with E-state index in [1.54, 1.807) is 0 Å². The molecule has 3 N–H and O–H groups in total. The van der Waals surface area contributed by atoms with E-state index in [1.807, 2.05) is 13.8 Å². The summed E-state index contributed by atoms with van der Waals surface area (Å²) in [6.45, 7) is 3.76. The van der Waals surface area contributed by atoms with Crippen LogP contribution >= 0.6 is 0 Å². The van der Waals surface area contributed by atoms with Crippen LogP contribution in [0.4, 0.5) is 10.1 Å². The molecule has 0 saturated carbocycles. The van der Waals surface area contributed by atoms with Gasteiger partial charge in [-0.3, -0.25) is 0 Å². The lowest BCUT2D eigenvalue weighted by Crippen LogP contribution is -2.35. The lowest BCUT2D eigenvalue weighted by atomic mass is 9.94. The van der Waals surface area contributed by atoms with Gasteiger partial charge >= 0.3 is 5.97 Å². The van der Waals surface area contributed by atoms with Crippen molar-refractivity contribution in [1.82, 2.24) is 0 Å². The van der Waals surface area contributed by atoms with E-state index in [1.165, 1.54) is 12.1 Å². The zero-order chi connectivity index (χ0) is 13.8. The fourth-order valence-corrected chi connectivity index (χ4v) is 1.75. The lowest BCUT2D eigenvalue weighted by Gasteiger charge is -2.31. The predicted molar refractivity (Wildman–Crippen MR) is 67.4 cm³/mol. The van der Waals surface area contributed by atoms with Crippen molar-refractivity contribution in [3.63, 3.8) is 0 Å². The summed E-state index contributed by atoms with van der Waals surface area (Å²) in [5, 5.41) is 21.0. The SMILES string of the molecule is CCC(C)(CCO)Nc1cccc(F)c1C(=O)O. The van der Waals surface area contributed by atoms with Crippen molar-refractivity contribution in [2.45, 2.75) is 32.2 Å². The molecular formula is C13H18FNO3. The van der Waals surface area contributed by atoms with Crippen molar-refractivity contribution >= 4 is 11.7 Å². The summed E-state index contributed by atoms with van der Waals surface area (Å²) in [7, 11) is 0. The third kappa shape index (κ3) is 3.20. The summed E-state index contributed by atoms with van der Waals surface area (Å²) in [6.07, 6.45) is 1.14. The highest BCUT2D eigenvalue weighted by Crippen LogP contribution is 2.26. The smallest absolute Gasteiger partial charge is 0.340 e. The molecule has 0 saturated heterocycles. The van der Waals surface area contributed by atoms with Gasteiger partial charge in [0.15, 0.2) is 0 Å². The molecule has 0 aliphatic heterocycles. The Morgan fingerprint density at radius 1 is 1.50 bits per heavy atom. The molecule has 0 fully saturated rings. The molecule has 1 atom stereocenters. The van der Waals surface area contributed by atoms with Crippen LogP contribution in [-0.4, -0.2) is 28.3 Å². The van der Waals surface area contributed by atoms with Gasteiger partial charge < -0.3 is 15.5 Å². The van der Waals surface area contributed by atoms with E-state index in [0.29, 0.717) is 12.8 Å². The van der Waals surface area contributed by atoms with E-state index < -0.39 is 17.3 Å². The number of halogens is 1. The number of carboxylic acid groups (broad SMARTS) is 1. The Kier molecular flexibility index (Phi) is 4.67. The summed E-state index contributed by atoms with van der Waals surface area (Å²) in [4.78, 5) is 11.0. The Morgan fingerprint density at radius 2 is 2.17 bits per heavy atom. The average Bonchev–Trinajstić information content (AvgIpc) is 2.28. The van der Waals surface area contributed by atoms with Crippen LogP contribution < -0.4 is 5.32 Å². The van der Waals surface area contributed by atoms with Crippen LogP contribution in [0.1, 0.15) is 37.0 Å². The fourth-order valence-electron chi connectivity index (χ4n) is 1.75. The number of hydrogen-bond acceptors (Lipinski definition) is 3. The van der Waals surface area contributed by atoms with E-state index in [4.69, 9.17) is 10.2 Å². The van der Waals surface area contributed by atoms with Crippen LogP contribution in [0.3, 0.4) is 0 Å². The van der Waals surface area contributed by atoms with E-state index >= 15 is 0 Å². The van der Waals surface area contributed by atoms with Gasteiger partial charge in [-0.15, -0.1) is 0 Å². The highest BCUT2D eigenvalue weighted by atomic mass is 19.1. The van der Waals surface area contributed by atoms with Gasteiger partial charge in [0.25, 0.3) is 0 Å². The molecule has 5 heteroatoms. The number of aliphatic hydroxyl groups is 1. The number of rotatable bonds is 6. The number of hydrogen-bond donors (Lipinski definition) is 3. The molecule has 0 radical (unpaired) electrons. The molecule has 0 aromatic heterocycles. The van der Waals surface area contributed by atoms with Gasteiger partial charge in [0.1, 0.15) is 11.4 Å². The van der Waals surface area contributed by atoms with E-state index in [-0.39, 0.29) is 17.9 Å². The fraction of sp³-hybridized carbons (Fsp3) is 0.462. The number of anilines is 1. The minimum atomic E-state index is -1.31. The molecule has 1 aromatic carbocycles. The van der Waals surface area contributed by atoms with Gasteiger partial charge in [-0.2, -0.15) is 0 Å². The monoisotopic (exact) mass is 255 g/mol. The molecular weight excluding hydrogens is 237 g/mol. The predicted octanol–water partition coefficient (Wildman–Crippen LogP) is 2.49. The number of carbonyl (C=O) groups is 1. The number of benzene rings is 1. The van der Waals surface area contributed by atoms with Gasteiger partial charge in [-0.25, -0.2) is 9.18 Å². The second-order valence-corrected chi connectivity index (χ2v) is 4.48. The number of carboxylic acids is 1. The summed E-state index contributed by atoms with van der Waals surface area (Å²) in [5.74, 6) is -2.08. The van der Waals surface area contributed by atoms with Crippen molar-refractivity contribution in [1.29, 1.82) is 0 Å². The summed E-state index contributed by atoms with van der Waals surface area (Å²) < 4.78 is 13.5. The minimum absolute atomic E-state index is 0.0188. The molecule has 0 bridgehead atoms. The van der Waals surface area contributed by atoms with Crippen molar-refractivity contribution in [2.75, 3.05) is 11.9 Å². The summed E-state index contributed by atoms with van der Waals surface area (Å²) >= 11 is 0. The highest BCUT2D eigenvalue weighted by Gasteiger charge is 2.24. The highest BCUT2D eigenvalue weighted by molar-refractivity contribution is 5.94. The van der Waals surface area contributed by atoms with Gasteiger partial charge in [0.05, 0.1) is 5.69 Å². The third-order valence-electron chi connectivity index (χ3n) is 3.11. The van der Waals surface area contributed by atoms with Crippen molar-refractivity contribution in [2.24, 2.45) is 0 Å². The maximum atomic E-state index is 13.5. The maximum Gasteiger partial charge on any atom is 0.340 e. The van der Waals surface area contributed by atoms with Gasteiger partial charge in [-0.1, -0.05) is 13.0 Å². The molecule has 1 aromatic rings. The maximum absolute atomic E-state index is 13.5. The zero-order valence-corrected chi connectivity index (χ0v) is 10.5. The average molecular weight is 255 g/mol. The minimum Gasteiger partial charge on any atom is -0.478 e. The molecule has 0 spiro atoms. The normalized spacial score (nSPS) is 14.0. The first-order valence-corrected chi connectivity index (χ1v) is 5.84. The Bertz CT molecular complexity index is 436. The molecule has 0 heterocycles. The van der Waals surface area contributed by atoms with Crippen LogP contribution in [0.25, 0.3) is 0 Å². The standard InChI is InChI=1S/C13H18FNO3/c1-3-13(2,7-8-16)15-10-6-4-5-9(14)11(10)12(17)18/h4-6,15-16H,3,7-8H2,1-2H3,(H,17,18). The van der Waals surface area contributed by atoms with Crippen molar-refractivity contribution in [3.05, 3.63) is 29.6 Å². The van der Waals surface area contributed by atoms with Crippen molar-refractivity contribution < 1.29 is 19.4 Å². The first-order chi connectivity index (χ1) is 8.43. The molecule has 0 amide bonds. The number of aromatic carboxylic acids is 1. The molecule has 100 valence electrons. The quantitative estimate of drug-likeness (QED) is 0.730.